The van der Waals surface area contributed by atoms with Crippen LogP contribution in [0.15, 0.2) is 52.3 Å². The van der Waals surface area contributed by atoms with Crippen LogP contribution in [0, 0.1) is 0 Å². The maximum atomic E-state index is 11.8. The Kier molecular flexibility index (Phi) is 10.3. The van der Waals surface area contributed by atoms with Gasteiger partial charge in [0.25, 0.3) is 30.4 Å². The van der Waals surface area contributed by atoms with Crippen LogP contribution in [-0.2, 0) is 36.8 Å². The van der Waals surface area contributed by atoms with Crippen LogP contribution in [0.4, 0.5) is 23.3 Å². The molecule has 3 aromatic rings. The van der Waals surface area contributed by atoms with E-state index in [4.69, 9.17) is 14.8 Å². The Bertz CT molecular complexity index is 1680. The highest BCUT2D eigenvalue weighted by molar-refractivity contribution is 7.99. The predicted molar refractivity (Wildman–Crippen MR) is 150 cm³/mol. The normalized spacial score (nSPS) is 12.3. The van der Waals surface area contributed by atoms with E-state index in [0.717, 1.165) is 0 Å². The summed E-state index contributed by atoms with van der Waals surface area (Å²) in [6, 6.07) is 10.6. The minimum absolute atomic E-state index is 0.00310. The first-order valence-electron chi connectivity index (χ1n) is 11.3. The lowest BCUT2D eigenvalue weighted by atomic mass is 10.1. The van der Waals surface area contributed by atoms with Crippen LogP contribution < -0.4 is 16.4 Å². The molecular weight excluding hydrogens is 609 g/mol. The Morgan fingerprint density at radius 2 is 1.52 bits per heavy atom. The average molecular weight is 635 g/mol. The fraction of sp³-hybridized carbons (Fsp3) is 0.286. The molecule has 0 aliphatic rings. The van der Waals surface area contributed by atoms with Gasteiger partial charge >= 0.3 is 0 Å². The molecule has 0 saturated carbocycles. The highest BCUT2D eigenvalue weighted by atomic mass is 32.2. The topological polar surface area (TPSA) is 252 Å². The van der Waals surface area contributed by atoms with Crippen LogP contribution in [0.3, 0.4) is 0 Å². The highest BCUT2D eigenvalue weighted by Gasteiger charge is 2.17. The summed E-state index contributed by atoms with van der Waals surface area (Å²) < 4.78 is 94.8. The number of nitrogens with two attached hydrogens (primary N) is 1. The van der Waals surface area contributed by atoms with Gasteiger partial charge in [-0.25, -0.2) is 0 Å². The van der Waals surface area contributed by atoms with Crippen LogP contribution >= 0.6 is 11.8 Å². The Morgan fingerprint density at radius 3 is 2.17 bits per heavy atom. The van der Waals surface area contributed by atoms with Crippen molar-refractivity contribution < 1.29 is 38.9 Å². The monoisotopic (exact) mass is 634 g/mol. The summed E-state index contributed by atoms with van der Waals surface area (Å²) in [6.07, 6.45) is 0.0893. The standard InChI is InChI=1S/C21H26N6O9S4/c22-16-13-15(6-7-17(16)37-9-3-10-38(28,29)30)24-21-26-19(25-20(27-21)23-8-11-39(31,32)33)12-14-4-1-2-5-18(14)40(34,35)36/h1-2,4-7,13H,3,8-12,22H2,(H,28,29,30)(H,31,32,33)(H,34,35,36)(H2,23,24,25,26,27). The number of nitrogens with one attached hydrogen (secondary N) is 2. The molecular formula is C21H26N6O9S4. The quantitative estimate of drug-likeness (QED) is 0.0638. The molecule has 3 rings (SSSR count). The SMILES string of the molecule is Nc1cc(Nc2nc(Cc3ccccc3S(=O)(=O)O)nc(NCCS(=O)(=O)O)n2)ccc1SCCCS(=O)(=O)O. The summed E-state index contributed by atoms with van der Waals surface area (Å²) in [5.41, 5.74) is 7.14. The number of hydrogen-bond acceptors (Lipinski definition) is 13. The van der Waals surface area contributed by atoms with E-state index in [-0.39, 0.29) is 53.3 Å². The molecule has 0 aliphatic carbocycles. The lowest BCUT2D eigenvalue weighted by Crippen LogP contribution is -2.17. The van der Waals surface area contributed by atoms with Gasteiger partial charge in [0, 0.05) is 29.2 Å². The maximum Gasteiger partial charge on any atom is 0.294 e. The molecule has 7 N–H and O–H groups in total. The number of thioether (sulfide) groups is 1. The number of nitrogen functional groups attached to an aromatic ring is 1. The molecule has 0 radical (unpaired) electrons. The molecule has 0 unspecified atom stereocenters. The zero-order valence-corrected chi connectivity index (χ0v) is 23.9. The zero-order valence-electron chi connectivity index (χ0n) is 20.6. The third kappa shape index (κ3) is 10.5. The molecule has 0 fully saturated rings. The molecule has 0 bridgehead atoms. The third-order valence-corrected chi connectivity index (χ3v) is 8.65. The van der Waals surface area contributed by atoms with Crippen molar-refractivity contribution in [1.29, 1.82) is 0 Å². The van der Waals surface area contributed by atoms with Crippen molar-refractivity contribution in [2.24, 2.45) is 0 Å². The van der Waals surface area contributed by atoms with E-state index >= 15 is 0 Å². The molecule has 1 heterocycles. The van der Waals surface area contributed by atoms with Crippen molar-refractivity contribution in [3.8, 4) is 0 Å². The molecule has 40 heavy (non-hydrogen) atoms. The molecule has 0 spiro atoms. The van der Waals surface area contributed by atoms with E-state index in [1.165, 1.54) is 30.0 Å². The van der Waals surface area contributed by atoms with Gasteiger partial charge in [0.05, 0.1) is 16.4 Å². The van der Waals surface area contributed by atoms with Gasteiger partial charge in [0.1, 0.15) is 5.82 Å². The number of aromatic nitrogens is 3. The summed E-state index contributed by atoms with van der Waals surface area (Å²) in [4.78, 5) is 13.0. The second-order valence-corrected chi connectivity index (χ2v) is 13.9. The van der Waals surface area contributed by atoms with Crippen molar-refractivity contribution in [3.05, 3.63) is 53.9 Å². The predicted octanol–water partition coefficient (Wildman–Crippen LogP) is 1.70. The molecule has 2 aromatic carbocycles. The van der Waals surface area contributed by atoms with Crippen LogP contribution in [0.1, 0.15) is 17.8 Å². The van der Waals surface area contributed by atoms with Crippen molar-refractivity contribution in [3.63, 3.8) is 0 Å². The molecule has 0 aliphatic heterocycles. The van der Waals surface area contributed by atoms with E-state index < -0.39 is 36.1 Å². The van der Waals surface area contributed by atoms with Gasteiger partial charge in [0.2, 0.25) is 11.9 Å². The molecule has 19 heteroatoms. The first-order valence-corrected chi connectivity index (χ1v) is 17.0. The Labute approximate surface area is 235 Å². The molecule has 0 amide bonds. The van der Waals surface area contributed by atoms with E-state index in [0.29, 0.717) is 22.0 Å². The van der Waals surface area contributed by atoms with Gasteiger partial charge in [-0.2, -0.15) is 40.2 Å². The van der Waals surface area contributed by atoms with Gasteiger partial charge < -0.3 is 16.4 Å². The largest absolute Gasteiger partial charge is 0.398 e. The summed E-state index contributed by atoms with van der Waals surface area (Å²) in [7, 11) is -12.8. The lowest BCUT2D eigenvalue weighted by molar-refractivity contribution is 0.480. The summed E-state index contributed by atoms with van der Waals surface area (Å²) in [6.45, 7) is -0.236. The van der Waals surface area contributed by atoms with E-state index in [1.54, 1.807) is 24.3 Å². The van der Waals surface area contributed by atoms with Crippen LogP contribution in [-0.4, -0.2) is 77.7 Å². The van der Waals surface area contributed by atoms with Crippen molar-refractivity contribution >= 4 is 65.4 Å². The van der Waals surface area contributed by atoms with Gasteiger partial charge in [-0.05, 0) is 42.0 Å². The van der Waals surface area contributed by atoms with Gasteiger partial charge in [-0.15, -0.1) is 11.8 Å². The number of hydrogen-bond donors (Lipinski definition) is 6. The number of rotatable bonds is 14. The van der Waals surface area contributed by atoms with Crippen LogP contribution in [0.2, 0.25) is 0 Å². The first kappa shape index (κ1) is 31.5. The van der Waals surface area contributed by atoms with E-state index in [1.807, 2.05) is 0 Å². The van der Waals surface area contributed by atoms with Crippen LogP contribution in [0.5, 0.6) is 0 Å². The maximum absolute atomic E-state index is 11.8. The highest BCUT2D eigenvalue weighted by Crippen LogP contribution is 2.29. The third-order valence-electron chi connectivity index (χ3n) is 4.99. The van der Waals surface area contributed by atoms with E-state index in [2.05, 4.69) is 25.6 Å². The first-order chi connectivity index (χ1) is 18.6. The average Bonchev–Trinajstić information content (AvgIpc) is 2.81. The summed E-state index contributed by atoms with van der Waals surface area (Å²) >= 11 is 1.30. The smallest absolute Gasteiger partial charge is 0.294 e. The van der Waals surface area contributed by atoms with Gasteiger partial charge in [-0.3, -0.25) is 13.7 Å². The zero-order chi connectivity index (χ0) is 29.6. The molecule has 1 aromatic heterocycles. The summed E-state index contributed by atoms with van der Waals surface area (Å²) in [5.74, 6) is -0.589. The van der Waals surface area contributed by atoms with Gasteiger partial charge in [0.15, 0.2) is 0 Å². The number of benzene rings is 2. The Balaban J connectivity index is 1.84. The summed E-state index contributed by atoms with van der Waals surface area (Å²) in [5, 5.41) is 5.60. The lowest BCUT2D eigenvalue weighted by Gasteiger charge is -2.12. The van der Waals surface area contributed by atoms with Crippen LogP contribution in [0.25, 0.3) is 0 Å². The van der Waals surface area contributed by atoms with Crippen molar-refractivity contribution in [2.45, 2.75) is 22.6 Å². The fourth-order valence-corrected chi connectivity index (χ4v) is 5.98. The molecule has 0 atom stereocenters. The number of nitrogens with zero attached hydrogens (tertiary/aromatic N) is 3. The molecule has 15 nitrogen and oxygen atoms in total. The number of anilines is 4. The van der Waals surface area contributed by atoms with E-state index in [9.17, 15) is 29.8 Å². The minimum Gasteiger partial charge on any atom is -0.398 e. The molecule has 218 valence electrons. The fourth-order valence-electron chi connectivity index (χ4n) is 3.31. The van der Waals surface area contributed by atoms with Crippen molar-refractivity contribution in [1.82, 2.24) is 15.0 Å². The molecule has 0 saturated heterocycles. The minimum atomic E-state index is -4.53. The second kappa shape index (κ2) is 13.1. The Hall–Kier alpha value is -3.07. The second-order valence-electron chi connectivity index (χ2n) is 8.24. The van der Waals surface area contributed by atoms with Gasteiger partial charge in [-0.1, -0.05) is 18.2 Å². The Morgan fingerprint density at radius 1 is 0.850 bits per heavy atom. The van der Waals surface area contributed by atoms with Crippen molar-refractivity contribution in [2.75, 3.05) is 40.2 Å².